The van der Waals surface area contributed by atoms with Gasteiger partial charge in [0.1, 0.15) is 5.75 Å². The molecule has 2 aromatic carbocycles. The SMILES string of the molecule is COc1ccc(C(=O)c2cccc(O)c2)cc1OC. The lowest BCUT2D eigenvalue weighted by Gasteiger charge is -2.09. The van der Waals surface area contributed by atoms with Crippen LogP contribution in [0.25, 0.3) is 0 Å². The Kier molecular flexibility index (Phi) is 3.71. The predicted octanol–water partition coefficient (Wildman–Crippen LogP) is 2.64. The van der Waals surface area contributed by atoms with E-state index in [0.717, 1.165) is 0 Å². The van der Waals surface area contributed by atoms with Gasteiger partial charge in [-0.05, 0) is 30.3 Å². The first-order chi connectivity index (χ1) is 9.15. The zero-order valence-electron chi connectivity index (χ0n) is 10.7. The third kappa shape index (κ3) is 2.68. The molecule has 2 rings (SSSR count). The highest BCUT2D eigenvalue weighted by molar-refractivity contribution is 6.09. The minimum absolute atomic E-state index is 0.0614. The molecule has 0 spiro atoms. The van der Waals surface area contributed by atoms with E-state index in [9.17, 15) is 9.90 Å². The summed E-state index contributed by atoms with van der Waals surface area (Å²) in [7, 11) is 3.05. The molecule has 4 nitrogen and oxygen atoms in total. The molecule has 19 heavy (non-hydrogen) atoms. The van der Waals surface area contributed by atoms with Crippen molar-refractivity contribution < 1.29 is 19.4 Å². The largest absolute Gasteiger partial charge is 0.508 e. The second-order valence-corrected chi connectivity index (χ2v) is 3.95. The first-order valence-electron chi connectivity index (χ1n) is 5.71. The average molecular weight is 258 g/mol. The van der Waals surface area contributed by atoms with E-state index < -0.39 is 0 Å². The van der Waals surface area contributed by atoms with Crippen LogP contribution in [-0.2, 0) is 0 Å². The Balaban J connectivity index is 2.39. The Bertz CT molecular complexity index is 605. The maximum atomic E-state index is 12.3. The molecule has 2 aromatic rings. The van der Waals surface area contributed by atoms with E-state index in [2.05, 4.69) is 0 Å². The lowest BCUT2D eigenvalue weighted by molar-refractivity contribution is 0.103. The van der Waals surface area contributed by atoms with E-state index in [-0.39, 0.29) is 11.5 Å². The van der Waals surface area contributed by atoms with Gasteiger partial charge in [0, 0.05) is 11.1 Å². The fraction of sp³-hybridized carbons (Fsp3) is 0.133. The summed E-state index contributed by atoms with van der Waals surface area (Å²) in [6, 6.07) is 11.2. The molecule has 4 heteroatoms. The van der Waals surface area contributed by atoms with Crippen molar-refractivity contribution in [3.63, 3.8) is 0 Å². The monoisotopic (exact) mass is 258 g/mol. The van der Waals surface area contributed by atoms with Crippen molar-refractivity contribution in [2.75, 3.05) is 14.2 Å². The Morgan fingerprint density at radius 2 is 1.63 bits per heavy atom. The smallest absolute Gasteiger partial charge is 0.193 e. The number of hydrogen-bond acceptors (Lipinski definition) is 4. The molecule has 0 aromatic heterocycles. The number of phenols is 1. The van der Waals surface area contributed by atoms with E-state index in [0.29, 0.717) is 22.6 Å². The average Bonchev–Trinajstić information content (AvgIpc) is 2.45. The summed E-state index contributed by atoms with van der Waals surface area (Å²) in [6.07, 6.45) is 0. The van der Waals surface area contributed by atoms with E-state index in [1.807, 2.05) is 0 Å². The topological polar surface area (TPSA) is 55.8 Å². The highest BCUT2D eigenvalue weighted by Crippen LogP contribution is 2.28. The Labute approximate surface area is 111 Å². The van der Waals surface area contributed by atoms with Crippen LogP contribution in [0.5, 0.6) is 17.2 Å². The van der Waals surface area contributed by atoms with Crippen molar-refractivity contribution in [2.24, 2.45) is 0 Å². The summed E-state index contributed by atoms with van der Waals surface area (Å²) in [6.45, 7) is 0. The number of ketones is 1. The highest BCUT2D eigenvalue weighted by Gasteiger charge is 2.13. The van der Waals surface area contributed by atoms with Crippen LogP contribution in [0.1, 0.15) is 15.9 Å². The van der Waals surface area contributed by atoms with Crippen LogP contribution < -0.4 is 9.47 Å². The van der Waals surface area contributed by atoms with Gasteiger partial charge in [0.15, 0.2) is 17.3 Å². The fourth-order valence-electron chi connectivity index (χ4n) is 1.79. The quantitative estimate of drug-likeness (QED) is 0.856. The number of methoxy groups -OCH3 is 2. The Morgan fingerprint density at radius 3 is 2.26 bits per heavy atom. The van der Waals surface area contributed by atoms with Gasteiger partial charge in [-0.3, -0.25) is 4.79 Å². The summed E-state index contributed by atoms with van der Waals surface area (Å²) in [5, 5.41) is 9.39. The van der Waals surface area contributed by atoms with Gasteiger partial charge in [-0.25, -0.2) is 0 Å². The second-order valence-electron chi connectivity index (χ2n) is 3.95. The third-order valence-electron chi connectivity index (χ3n) is 2.75. The van der Waals surface area contributed by atoms with Crippen LogP contribution in [0.4, 0.5) is 0 Å². The molecule has 0 bridgehead atoms. The molecule has 98 valence electrons. The standard InChI is InChI=1S/C15H14O4/c1-18-13-7-6-11(9-14(13)19-2)15(17)10-4-3-5-12(16)8-10/h3-9,16H,1-2H3. The van der Waals surface area contributed by atoms with Crippen molar-refractivity contribution in [2.45, 2.75) is 0 Å². The number of aromatic hydroxyl groups is 1. The van der Waals surface area contributed by atoms with Crippen molar-refractivity contribution in [3.05, 3.63) is 53.6 Å². The lowest BCUT2D eigenvalue weighted by atomic mass is 10.0. The summed E-state index contributed by atoms with van der Waals surface area (Å²) >= 11 is 0. The van der Waals surface area contributed by atoms with Gasteiger partial charge in [0.25, 0.3) is 0 Å². The van der Waals surface area contributed by atoms with Gasteiger partial charge < -0.3 is 14.6 Å². The number of hydrogen-bond donors (Lipinski definition) is 1. The van der Waals surface area contributed by atoms with Gasteiger partial charge in [-0.15, -0.1) is 0 Å². The van der Waals surface area contributed by atoms with E-state index in [1.54, 1.807) is 30.3 Å². The maximum absolute atomic E-state index is 12.3. The van der Waals surface area contributed by atoms with Crippen LogP contribution in [0.2, 0.25) is 0 Å². The van der Waals surface area contributed by atoms with Crippen LogP contribution >= 0.6 is 0 Å². The second kappa shape index (κ2) is 5.44. The fourth-order valence-corrected chi connectivity index (χ4v) is 1.79. The molecule has 0 aliphatic carbocycles. The molecular weight excluding hydrogens is 244 g/mol. The van der Waals surface area contributed by atoms with Gasteiger partial charge in [-0.2, -0.15) is 0 Å². The van der Waals surface area contributed by atoms with Gasteiger partial charge in [0.2, 0.25) is 0 Å². The molecule has 1 N–H and O–H groups in total. The maximum Gasteiger partial charge on any atom is 0.193 e. The number of ether oxygens (including phenoxy) is 2. The Hall–Kier alpha value is -2.49. The van der Waals surface area contributed by atoms with Crippen molar-refractivity contribution >= 4 is 5.78 Å². The molecule has 0 saturated carbocycles. The number of benzene rings is 2. The molecule has 0 fully saturated rings. The molecule has 0 aliphatic heterocycles. The molecule has 0 unspecified atom stereocenters. The highest BCUT2D eigenvalue weighted by atomic mass is 16.5. The normalized spacial score (nSPS) is 10.0. The van der Waals surface area contributed by atoms with Gasteiger partial charge in [0.05, 0.1) is 14.2 Å². The predicted molar refractivity (Wildman–Crippen MR) is 71.1 cm³/mol. The lowest BCUT2D eigenvalue weighted by Crippen LogP contribution is -2.02. The summed E-state index contributed by atoms with van der Waals surface area (Å²) in [4.78, 5) is 12.3. The summed E-state index contributed by atoms with van der Waals surface area (Å²) in [5.74, 6) is 0.937. The van der Waals surface area contributed by atoms with E-state index in [4.69, 9.17) is 9.47 Å². The van der Waals surface area contributed by atoms with E-state index >= 15 is 0 Å². The zero-order chi connectivity index (χ0) is 13.8. The van der Waals surface area contributed by atoms with Crippen molar-refractivity contribution in [1.29, 1.82) is 0 Å². The molecule has 0 saturated heterocycles. The molecule has 0 aliphatic rings. The number of carbonyl (C=O) groups is 1. The number of carbonyl (C=O) groups excluding carboxylic acids is 1. The number of phenolic OH excluding ortho intramolecular Hbond substituents is 1. The minimum Gasteiger partial charge on any atom is -0.508 e. The first kappa shape index (κ1) is 13.0. The van der Waals surface area contributed by atoms with E-state index in [1.165, 1.54) is 26.4 Å². The van der Waals surface area contributed by atoms with Crippen molar-refractivity contribution in [1.82, 2.24) is 0 Å². The van der Waals surface area contributed by atoms with Crippen LogP contribution in [0.3, 0.4) is 0 Å². The third-order valence-corrected chi connectivity index (χ3v) is 2.75. The first-order valence-corrected chi connectivity index (χ1v) is 5.71. The minimum atomic E-state index is -0.183. The summed E-state index contributed by atoms with van der Waals surface area (Å²) in [5.41, 5.74) is 0.899. The molecule has 0 amide bonds. The molecular formula is C15H14O4. The zero-order valence-corrected chi connectivity index (χ0v) is 10.7. The van der Waals surface area contributed by atoms with Gasteiger partial charge in [-0.1, -0.05) is 12.1 Å². The summed E-state index contributed by atoms with van der Waals surface area (Å²) < 4.78 is 10.3. The van der Waals surface area contributed by atoms with Crippen LogP contribution in [0, 0.1) is 0 Å². The van der Waals surface area contributed by atoms with Crippen LogP contribution in [-0.4, -0.2) is 25.1 Å². The van der Waals surface area contributed by atoms with Crippen LogP contribution in [0.15, 0.2) is 42.5 Å². The number of rotatable bonds is 4. The van der Waals surface area contributed by atoms with Gasteiger partial charge >= 0.3 is 0 Å². The molecule has 0 atom stereocenters. The van der Waals surface area contributed by atoms with Crippen molar-refractivity contribution in [3.8, 4) is 17.2 Å². The Morgan fingerprint density at radius 1 is 0.947 bits per heavy atom. The molecule has 0 heterocycles. The molecule has 0 radical (unpaired) electrons.